The van der Waals surface area contributed by atoms with E-state index in [0.717, 1.165) is 11.1 Å². The summed E-state index contributed by atoms with van der Waals surface area (Å²) in [6.45, 7) is 4.41. The smallest absolute Gasteiger partial charge is 0.241 e. The molecule has 2 aromatic carbocycles. The molecule has 0 unspecified atom stereocenters. The summed E-state index contributed by atoms with van der Waals surface area (Å²) >= 11 is 0. The van der Waals surface area contributed by atoms with E-state index >= 15 is 0 Å². The first-order valence-corrected chi connectivity index (χ1v) is 9.28. The Balaban J connectivity index is 2.00. The van der Waals surface area contributed by atoms with Gasteiger partial charge in [-0.05, 0) is 37.1 Å². The van der Waals surface area contributed by atoms with Gasteiger partial charge in [0.2, 0.25) is 15.9 Å². The summed E-state index contributed by atoms with van der Waals surface area (Å²) in [7, 11) is -3.69. The van der Waals surface area contributed by atoms with Crippen LogP contribution in [0, 0.1) is 6.92 Å². The summed E-state index contributed by atoms with van der Waals surface area (Å²) in [5.74, 6) is -0.252. The number of nitrogens with zero attached hydrogens (tertiary/aromatic N) is 1. The normalized spacial score (nSPS) is 11.2. The molecule has 0 atom stereocenters. The van der Waals surface area contributed by atoms with Gasteiger partial charge in [0.25, 0.3) is 0 Å². The molecule has 0 aliphatic carbocycles. The van der Waals surface area contributed by atoms with Crippen molar-refractivity contribution in [2.75, 3.05) is 13.1 Å². The van der Waals surface area contributed by atoms with Crippen molar-refractivity contribution >= 4 is 15.9 Å². The molecule has 0 saturated carbocycles. The van der Waals surface area contributed by atoms with Crippen molar-refractivity contribution in [1.29, 1.82) is 0 Å². The van der Waals surface area contributed by atoms with E-state index in [1.54, 1.807) is 17.0 Å². The van der Waals surface area contributed by atoms with Crippen molar-refractivity contribution in [3.8, 4) is 0 Å². The van der Waals surface area contributed by atoms with Gasteiger partial charge in [-0.2, -0.15) is 0 Å². The average molecular weight is 346 g/mol. The predicted octanol–water partition coefficient (Wildman–Crippen LogP) is 2.32. The number of benzene rings is 2. The molecule has 0 spiro atoms. The lowest BCUT2D eigenvalue weighted by molar-refractivity contribution is -0.130. The molecule has 24 heavy (non-hydrogen) atoms. The van der Waals surface area contributed by atoms with E-state index in [1.807, 2.05) is 50.2 Å². The first-order chi connectivity index (χ1) is 11.4. The van der Waals surface area contributed by atoms with Crippen molar-refractivity contribution in [3.63, 3.8) is 0 Å². The summed E-state index contributed by atoms with van der Waals surface area (Å²) in [4.78, 5) is 14.1. The number of hydrogen-bond acceptors (Lipinski definition) is 3. The average Bonchev–Trinajstić information content (AvgIpc) is 2.58. The highest BCUT2D eigenvalue weighted by molar-refractivity contribution is 7.89. The van der Waals surface area contributed by atoms with E-state index in [-0.39, 0.29) is 17.3 Å². The standard InChI is InChI=1S/C18H22N2O3S/c1-3-20(14-16-9-5-4-6-10-16)18(21)13-19-24(22,23)17-11-7-8-15(2)12-17/h4-12,19H,3,13-14H2,1-2H3. The Bertz CT molecular complexity index is 789. The zero-order valence-electron chi connectivity index (χ0n) is 13.9. The van der Waals surface area contributed by atoms with Crippen LogP contribution >= 0.6 is 0 Å². The van der Waals surface area contributed by atoms with Crippen LogP contribution < -0.4 is 4.72 Å². The largest absolute Gasteiger partial charge is 0.338 e. The molecule has 0 aromatic heterocycles. The number of rotatable bonds is 7. The number of aryl methyl sites for hydroxylation is 1. The van der Waals surface area contributed by atoms with Crippen LogP contribution in [0.4, 0.5) is 0 Å². The van der Waals surface area contributed by atoms with Crippen molar-refractivity contribution in [1.82, 2.24) is 9.62 Å². The molecular weight excluding hydrogens is 324 g/mol. The Morgan fingerprint density at radius 2 is 1.79 bits per heavy atom. The van der Waals surface area contributed by atoms with Gasteiger partial charge in [0, 0.05) is 13.1 Å². The lowest BCUT2D eigenvalue weighted by atomic mass is 10.2. The van der Waals surface area contributed by atoms with Gasteiger partial charge in [0.15, 0.2) is 0 Å². The number of amides is 1. The maximum atomic E-state index is 12.3. The van der Waals surface area contributed by atoms with E-state index in [1.165, 1.54) is 6.07 Å². The van der Waals surface area contributed by atoms with Gasteiger partial charge in [0.05, 0.1) is 11.4 Å². The third kappa shape index (κ3) is 4.91. The fourth-order valence-corrected chi connectivity index (χ4v) is 3.39. The molecular formula is C18H22N2O3S. The molecule has 0 aliphatic rings. The summed E-state index contributed by atoms with van der Waals surface area (Å²) in [6, 6.07) is 16.2. The van der Waals surface area contributed by atoms with Crippen molar-refractivity contribution in [2.24, 2.45) is 0 Å². The second-order valence-electron chi connectivity index (χ2n) is 5.53. The zero-order valence-corrected chi connectivity index (χ0v) is 14.7. The van der Waals surface area contributed by atoms with Gasteiger partial charge in [-0.1, -0.05) is 42.5 Å². The van der Waals surface area contributed by atoms with Gasteiger partial charge >= 0.3 is 0 Å². The molecule has 0 radical (unpaired) electrons. The third-order valence-corrected chi connectivity index (χ3v) is 5.06. The first kappa shape index (κ1) is 18.2. The number of likely N-dealkylation sites (N-methyl/N-ethyl adjacent to an activating group) is 1. The Morgan fingerprint density at radius 3 is 2.42 bits per heavy atom. The van der Waals surface area contributed by atoms with E-state index in [2.05, 4.69) is 4.72 Å². The predicted molar refractivity (Wildman–Crippen MR) is 93.9 cm³/mol. The minimum Gasteiger partial charge on any atom is -0.338 e. The molecule has 0 fully saturated rings. The third-order valence-electron chi connectivity index (χ3n) is 3.66. The van der Waals surface area contributed by atoms with Crippen molar-refractivity contribution in [2.45, 2.75) is 25.3 Å². The van der Waals surface area contributed by atoms with Crippen LogP contribution in [0.2, 0.25) is 0 Å². The molecule has 2 aromatic rings. The van der Waals surface area contributed by atoms with Crippen LogP contribution in [0.15, 0.2) is 59.5 Å². The molecule has 0 bridgehead atoms. The minimum atomic E-state index is -3.69. The van der Waals surface area contributed by atoms with Gasteiger partial charge in [-0.15, -0.1) is 0 Å². The summed E-state index contributed by atoms with van der Waals surface area (Å²) < 4.78 is 26.9. The molecule has 1 N–H and O–H groups in total. The summed E-state index contributed by atoms with van der Waals surface area (Å²) in [5.41, 5.74) is 1.86. The fourth-order valence-electron chi connectivity index (χ4n) is 2.31. The zero-order chi connectivity index (χ0) is 17.6. The monoisotopic (exact) mass is 346 g/mol. The molecule has 0 heterocycles. The minimum absolute atomic E-state index is 0.168. The summed E-state index contributed by atoms with van der Waals surface area (Å²) in [5, 5.41) is 0. The van der Waals surface area contributed by atoms with Crippen LogP contribution in [0.3, 0.4) is 0 Å². The summed E-state index contributed by atoms with van der Waals surface area (Å²) in [6.07, 6.45) is 0. The Kier molecular flexibility index (Phi) is 6.11. The first-order valence-electron chi connectivity index (χ1n) is 7.80. The second kappa shape index (κ2) is 8.08. The van der Waals surface area contributed by atoms with Gasteiger partial charge in [0.1, 0.15) is 0 Å². The SMILES string of the molecule is CCN(Cc1ccccc1)C(=O)CNS(=O)(=O)c1cccc(C)c1. The highest BCUT2D eigenvalue weighted by atomic mass is 32.2. The topological polar surface area (TPSA) is 66.5 Å². The Hall–Kier alpha value is -2.18. The van der Waals surface area contributed by atoms with Gasteiger partial charge in [-0.3, -0.25) is 4.79 Å². The lowest BCUT2D eigenvalue weighted by Crippen LogP contribution is -2.39. The molecule has 2 rings (SSSR count). The lowest BCUT2D eigenvalue weighted by Gasteiger charge is -2.21. The van der Waals surface area contributed by atoms with Crippen molar-refractivity contribution in [3.05, 3.63) is 65.7 Å². The van der Waals surface area contributed by atoms with Crippen LogP contribution in [-0.4, -0.2) is 32.3 Å². The molecule has 0 saturated heterocycles. The number of hydrogen-bond donors (Lipinski definition) is 1. The molecule has 6 heteroatoms. The highest BCUT2D eigenvalue weighted by Gasteiger charge is 2.18. The number of nitrogens with one attached hydrogen (secondary N) is 1. The quantitative estimate of drug-likeness (QED) is 0.837. The molecule has 128 valence electrons. The Labute approximate surface area is 143 Å². The van der Waals surface area contributed by atoms with E-state index < -0.39 is 10.0 Å². The van der Waals surface area contributed by atoms with E-state index in [9.17, 15) is 13.2 Å². The maximum absolute atomic E-state index is 12.3. The second-order valence-corrected chi connectivity index (χ2v) is 7.30. The Morgan fingerprint density at radius 1 is 1.08 bits per heavy atom. The number of carbonyl (C=O) groups is 1. The van der Waals surface area contributed by atoms with Crippen LogP contribution in [0.25, 0.3) is 0 Å². The molecule has 0 aliphatic heterocycles. The van der Waals surface area contributed by atoms with E-state index in [4.69, 9.17) is 0 Å². The van der Waals surface area contributed by atoms with Gasteiger partial charge in [-0.25, -0.2) is 13.1 Å². The fraction of sp³-hybridized carbons (Fsp3) is 0.278. The van der Waals surface area contributed by atoms with Crippen molar-refractivity contribution < 1.29 is 13.2 Å². The maximum Gasteiger partial charge on any atom is 0.241 e. The number of carbonyl (C=O) groups excluding carboxylic acids is 1. The van der Waals surface area contributed by atoms with Crippen LogP contribution in [-0.2, 0) is 21.4 Å². The number of sulfonamides is 1. The van der Waals surface area contributed by atoms with Gasteiger partial charge < -0.3 is 4.90 Å². The van der Waals surface area contributed by atoms with Crippen LogP contribution in [0.1, 0.15) is 18.1 Å². The van der Waals surface area contributed by atoms with Crippen LogP contribution in [0.5, 0.6) is 0 Å². The highest BCUT2D eigenvalue weighted by Crippen LogP contribution is 2.11. The molecule has 5 nitrogen and oxygen atoms in total. The van der Waals surface area contributed by atoms with E-state index in [0.29, 0.717) is 13.1 Å². The molecule has 1 amide bonds.